The number of nitrogens with one attached hydrogen (secondary N) is 1. The normalized spacial score (nSPS) is 10.3. The second-order valence-electron chi connectivity index (χ2n) is 5.41. The Bertz CT molecular complexity index is 856. The van der Waals surface area contributed by atoms with E-state index in [9.17, 15) is 4.79 Å². The summed E-state index contributed by atoms with van der Waals surface area (Å²) in [6.07, 6.45) is 1.43. The highest BCUT2D eigenvalue weighted by atomic mass is 35.5. The lowest BCUT2D eigenvalue weighted by Crippen LogP contribution is -2.16. The summed E-state index contributed by atoms with van der Waals surface area (Å²) in [6.45, 7) is 0.554. The molecule has 0 bridgehead atoms. The number of anilines is 3. The Labute approximate surface area is 151 Å². The highest BCUT2D eigenvalue weighted by Gasteiger charge is 2.14. The van der Waals surface area contributed by atoms with E-state index in [2.05, 4.69) is 10.3 Å². The predicted octanol–water partition coefficient (Wildman–Crippen LogP) is 4.08. The van der Waals surface area contributed by atoms with Gasteiger partial charge in [0.05, 0.1) is 16.9 Å². The number of nitrogens with two attached hydrogens (primary N) is 1. The molecule has 0 unspecified atom stereocenters. The fourth-order valence-electron chi connectivity index (χ4n) is 2.38. The van der Waals surface area contributed by atoms with Crippen LogP contribution in [0.2, 0.25) is 0 Å². The molecule has 0 radical (unpaired) electrons. The van der Waals surface area contributed by atoms with Gasteiger partial charge in [-0.1, -0.05) is 48.5 Å². The van der Waals surface area contributed by atoms with Crippen LogP contribution in [0.4, 0.5) is 17.2 Å². The maximum atomic E-state index is 11.7. The van der Waals surface area contributed by atoms with Gasteiger partial charge in [-0.15, -0.1) is 0 Å². The number of para-hydroxylation sites is 1. The summed E-state index contributed by atoms with van der Waals surface area (Å²) in [5.74, 6) is -0.0520. The van der Waals surface area contributed by atoms with Crippen molar-refractivity contribution in [2.45, 2.75) is 6.54 Å². The van der Waals surface area contributed by atoms with E-state index in [0.29, 0.717) is 23.6 Å². The third kappa shape index (κ3) is 4.08. The molecule has 1 heterocycles. The zero-order valence-electron chi connectivity index (χ0n) is 13.4. The number of hydrogen-bond donors (Lipinski definition) is 2. The molecule has 3 aromatic rings. The maximum absolute atomic E-state index is 11.7. The van der Waals surface area contributed by atoms with Crippen molar-refractivity contribution in [3.8, 4) is 0 Å². The molecule has 126 valence electrons. The highest BCUT2D eigenvalue weighted by molar-refractivity contribution is 6.29. The van der Waals surface area contributed by atoms with Crippen LogP contribution in [0.25, 0.3) is 0 Å². The number of pyridine rings is 1. The smallest absolute Gasteiger partial charge is 0.252 e. The Balaban J connectivity index is 1.88. The summed E-state index contributed by atoms with van der Waals surface area (Å²) in [7, 11) is 0. The number of amides is 1. The average Bonchev–Trinajstić information content (AvgIpc) is 2.67. The fourth-order valence-corrected chi connectivity index (χ4v) is 2.58. The third-order valence-electron chi connectivity index (χ3n) is 3.66. The first kappa shape index (κ1) is 16.8. The zero-order valence-corrected chi connectivity index (χ0v) is 14.1. The van der Waals surface area contributed by atoms with Crippen molar-refractivity contribution in [1.29, 1.82) is 0 Å². The number of nitrogens with zero attached hydrogens (tertiary/aromatic N) is 2. The van der Waals surface area contributed by atoms with Gasteiger partial charge in [0.25, 0.3) is 5.91 Å². The van der Waals surface area contributed by atoms with Gasteiger partial charge in [-0.25, -0.2) is 9.40 Å². The van der Waals surface area contributed by atoms with Crippen LogP contribution in [-0.4, -0.2) is 10.9 Å². The molecule has 1 amide bonds. The second kappa shape index (κ2) is 7.68. The van der Waals surface area contributed by atoms with Crippen LogP contribution in [0.1, 0.15) is 15.9 Å². The first-order valence-corrected chi connectivity index (χ1v) is 8.07. The van der Waals surface area contributed by atoms with Gasteiger partial charge in [-0.3, -0.25) is 4.79 Å². The molecule has 6 heteroatoms. The van der Waals surface area contributed by atoms with Gasteiger partial charge >= 0.3 is 0 Å². The summed E-state index contributed by atoms with van der Waals surface area (Å²) in [5.41, 5.74) is 8.22. The largest absolute Gasteiger partial charge is 0.380 e. The first-order chi connectivity index (χ1) is 12.1. The van der Waals surface area contributed by atoms with E-state index >= 15 is 0 Å². The molecule has 5 nitrogen and oxygen atoms in total. The van der Waals surface area contributed by atoms with E-state index in [-0.39, 0.29) is 0 Å². The predicted molar refractivity (Wildman–Crippen MR) is 101 cm³/mol. The lowest BCUT2D eigenvalue weighted by Gasteiger charge is -2.17. The minimum Gasteiger partial charge on any atom is -0.380 e. The molecular formula is C19H17ClN4O. The van der Waals surface area contributed by atoms with E-state index in [0.717, 1.165) is 11.3 Å². The number of primary amides is 1. The molecule has 0 saturated carbocycles. The molecule has 3 N–H and O–H groups in total. The van der Waals surface area contributed by atoms with Gasteiger partial charge in [0, 0.05) is 30.6 Å². The molecule has 1 aromatic heterocycles. The monoisotopic (exact) mass is 352 g/mol. The van der Waals surface area contributed by atoms with Gasteiger partial charge in [0.15, 0.2) is 0 Å². The Morgan fingerprint density at radius 3 is 2.36 bits per heavy atom. The number of carbonyl (C=O) groups is 1. The molecule has 0 fully saturated rings. The van der Waals surface area contributed by atoms with E-state index in [1.807, 2.05) is 60.7 Å². The van der Waals surface area contributed by atoms with Crippen molar-refractivity contribution in [3.63, 3.8) is 0 Å². The Kier molecular flexibility index (Phi) is 5.16. The minimum absolute atomic E-state index is 0.317. The van der Waals surface area contributed by atoms with E-state index in [4.69, 9.17) is 17.5 Å². The Hall–Kier alpha value is -3.05. The number of halogens is 1. The number of hydrogen-bond acceptors (Lipinski definition) is 4. The van der Waals surface area contributed by atoms with E-state index in [1.54, 1.807) is 6.07 Å². The molecule has 0 saturated heterocycles. The van der Waals surface area contributed by atoms with Crippen LogP contribution in [0.3, 0.4) is 0 Å². The third-order valence-corrected chi connectivity index (χ3v) is 4.03. The number of benzene rings is 2. The van der Waals surface area contributed by atoms with Gasteiger partial charge in [-0.05, 0) is 17.7 Å². The quantitative estimate of drug-likeness (QED) is 0.655. The molecule has 25 heavy (non-hydrogen) atoms. The van der Waals surface area contributed by atoms with Crippen LogP contribution in [0, 0.1) is 0 Å². The van der Waals surface area contributed by atoms with Crippen molar-refractivity contribution in [3.05, 3.63) is 84.1 Å². The number of aromatic nitrogens is 1. The number of rotatable bonds is 6. The summed E-state index contributed by atoms with van der Waals surface area (Å²) in [5, 5.41) is 3.23. The Morgan fingerprint density at radius 2 is 1.72 bits per heavy atom. The minimum atomic E-state index is -0.546. The summed E-state index contributed by atoms with van der Waals surface area (Å²) in [6, 6.07) is 21.0. The molecule has 0 atom stereocenters. The molecule has 2 aromatic carbocycles. The highest BCUT2D eigenvalue weighted by Crippen LogP contribution is 2.29. The van der Waals surface area contributed by atoms with E-state index < -0.39 is 5.91 Å². The first-order valence-electron chi connectivity index (χ1n) is 7.74. The van der Waals surface area contributed by atoms with Gasteiger partial charge in [0.1, 0.15) is 5.82 Å². The fraction of sp³-hybridized carbons (Fsp3) is 0.0526. The average molecular weight is 353 g/mol. The molecule has 3 rings (SSSR count). The van der Waals surface area contributed by atoms with Gasteiger partial charge in [-0.2, -0.15) is 0 Å². The summed E-state index contributed by atoms with van der Waals surface area (Å²) < 4.78 is 1.43. The zero-order chi connectivity index (χ0) is 17.6. The van der Waals surface area contributed by atoms with Crippen LogP contribution in [0.15, 0.2) is 72.9 Å². The molecular weight excluding hydrogens is 336 g/mol. The molecule has 0 aliphatic carbocycles. The van der Waals surface area contributed by atoms with Crippen LogP contribution in [-0.2, 0) is 6.54 Å². The van der Waals surface area contributed by atoms with Gasteiger partial charge < -0.3 is 11.1 Å². The van der Waals surface area contributed by atoms with Crippen LogP contribution < -0.4 is 15.5 Å². The standard InChI is InChI=1S/C19H17ClN4O/c20-24(15-9-5-2-6-10-15)18-11-17(16(13-23-18)19(21)25)22-12-14-7-3-1-4-8-14/h1-11,13H,12H2,(H2,21,25)(H,22,23). The lowest BCUT2D eigenvalue weighted by atomic mass is 10.2. The van der Waals surface area contributed by atoms with Crippen molar-refractivity contribution < 1.29 is 4.79 Å². The molecule has 0 aliphatic rings. The van der Waals surface area contributed by atoms with E-state index in [1.165, 1.54) is 10.6 Å². The summed E-state index contributed by atoms with van der Waals surface area (Å²) in [4.78, 5) is 15.9. The lowest BCUT2D eigenvalue weighted by molar-refractivity contribution is 0.100. The van der Waals surface area contributed by atoms with Crippen molar-refractivity contribution in [2.24, 2.45) is 5.73 Å². The molecule has 0 spiro atoms. The summed E-state index contributed by atoms with van der Waals surface area (Å²) >= 11 is 6.38. The van der Waals surface area contributed by atoms with Crippen LogP contribution >= 0.6 is 11.8 Å². The van der Waals surface area contributed by atoms with Crippen LogP contribution in [0.5, 0.6) is 0 Å². The molecule has 0 aliphatic heterocycles. The maximum Gasteiger partial charge on any atom is 0.252 e. The Morgan fingerprint density at radius 1 is 1.08 bits per heavy atom. The topological polar surface area (TPSA) is 71.2 Å². The number of carbonyl (C=O) groups excluding carboxylic acids is 1. The second-order valence-corrected chi connectivity index (χ2v) is 5.75. The van der Waals surface area contributed by atoms with Crippen molar-refractivity contribution in [1.82, 2.24) is 4.98 Å². The van der Waals surface area contributed by atoms with Crippen molar-refractivity contribution >= 4 is 34.9 Å². The SMILES string of the molecule is NC(=O)c1cnc(N(Cl)c2ccccc2)cc1NCc1ccccc1. The van der Waals surface area contributed by atoms with Crippen molar-refractivity contribution in [2.75, 3.05) is 9.74 Å². The van der Waals surface area contributed by atoms with Gasteiger partial charge in [0.2, 0.25) is 0 Å².